The van der Waals surface area contributed by atoms with E-state index in [0.29, 0.717) is 26.0 Å². The second kappa shape index (κ2) is 9.87. The summed E-state index contributed by atoms with van der Waals surface area (Å²) in [6.07, 6.45) is 6.58. The lowest BCUT2D eigenvalue weighted by Crippen LogP contribution is -2.23. The Bertz CT molecular complexity index is 625. The number of ether oxygens (including phenoxy) is 2. The lowest BCUT2D eigenvalue weighted by molar-refractivity contribution is -0.148. The average Bonchev–Trinajstić information content (AvgIpc) is 2.60. The van der Waals surface area contributed by atoms with Crippen molar-refractivity contribution in [1.29, 1.82) is 0 Å². The highest BCUT2D eigenvalue weighted by Crippen LogP contribution is 2.24. The molecule has 2 rings (SSSR count). The Balaban J connectivity index is 1.99. The molecule has 1 unspecified atom stereocenters. The van der Waals surface area contributed by atoms with Crippen molar-refractivity contribution in [2.45, 2.75) is 52.6 Å². The zero-order valence-corrected chi connectivity index (χ0v) is 15.4. The van der Waals surface area contributed by atoms with E-state index in [2.05, 4.69) is 22.9 Å². The number of esters is 1. The number of aliphatic imine (C=N–C) groups is 1. The SMILES string of the molecule is CCCOc1cccc(N2C=C(CC(C)OC(=O)CCC)N=CC2)c1. The molecule has 0 bridgehead atoms. The zero-order valence-electron chi connectivity index (χ0n) is 15.4. The Morgan fingerprint density at radius 2 is 2.16 bits per heavy atom. The van der Waals surface area contributed by atoms with Crippen LogP contribution in [-0.4, -0.2) is 31.4 Å². The fourth-order valence-electron chi connectivity index (χ4n) is 2.59. The molecule has 0 amide bonds. The van der Waals surface area contributed by atoms with Gasteiger partial charge in [-0.1, -0.05) is 19.9 Å². The maximum absolute atomic E-state index is 11.6. The van der Waals surface area contributed by atoms with Gasteiger partial charge >= 0.3 is 5.97 Å². The van der Waals surface area contributed by atoms with Gasteiger partial charge in [0.15, 0.2) is 0 Å². The average molecular weight is 344 g/mol. The Labute approximate surface area is 150 Å². The highest BCUT2D eigenvalue weighted by Gasteiger charge is 2.14. The van der Waals surface area contributed by atoms with Gasteiger partial charge in [0, 0.05) is 37.0 Å². The molecule has 0 aromatic heterocycles. The van der Waals surface area contributed by atoms with Gasteiger partial charge in [0.25, 0.3) is 0 Å². The first-order valence-electron chi connectivity index (χ1n) is 9.04. The van der Waals surface area contributed by atoms with Crippen LogP contribution in [-0.2, 0) is 9.53 Å². The molecule has 25 heavy (non-hydrogen) atoms. The first-order valence-corrected chi connectivity index (χ1v) is 9.04. The summed E-state index contributed by atoms with van der Waals surface area (Å²) in [7, 11) is 0. The van der Waals surface area contributed by atoms with Crippen LogP contribution in [0.4, 0.5) is 5.69 Å². The van der Waals surface area contributed by atoms with Crippen molar-refractivity contribution in [2.24, 2.45) is 4.99 Å². The lowest BCUT2D eigenvalue weighted by atomic mass is 10.2. The molecule has 1 aromatic rings. The Morgan fingerprint density at radius 3 is 2.92 bits per heavy atom. The first kappa shape index (κ1) is 19.0. The summed E-state index contributed by atoms with van der Waals surface area (Å²) in [4.78, 5) is 18.2. The molecule has 0 N–H and O–H groups in total. The van der Waals surface area contributed by atoms with Crippen molar-refractivity contribution < 1.29 is 14.3 Å². The number of anilines is 1. The van der Waals surface area contributed by atoms with E-state index in [-0.39, 0.29) is 12.1 Å². The standard InChI is InChI=1S/C20H28N2O3/c1-4-7-20(23)25-16(3)13-17-15-22(11-10-21-17)18-8-6-9-19(14-18)24-12-5-2/h6,8-10,14-16H,4-5,7,11-13H2,1-3H3. The molecule has 1 aromatic carbocycles. The van der Waals surface area contributed by atoms with E-state index < -0.39 is 0 Å². The molecule has 1 aliphatic heterocycles. The van der Waals surface area contributed by atoms with Gasteiger partial charge in [-0.3, -0.25) is 9.79 Å². The van der Waals surface area contributed by atoms with Crippen molar-refractivity contribution in [3.8, 4) is 5.75 Å². The van der Waals surface area contributed by atoms with Crippen LogP contribution < -0.4 is 9.64 Å². The highest BCUT2D eigenvalue weighted by atomic mass is 16.5. The summed E-state index contributed by atoms with van der Waals surface area (Å²) in [5, 5.41) is 0. The molecule has 1 aliphatic rings. The molecule has 0 aliphatic carbocycles. The largest absolute Gasteiger partial charge is 0.494 e. The summed E-state index contributed by atoms with van der Waals surface area (Å²) < 4.78 is 11.1. The molecule has 0 fully saturated rings. The Hall–Kier alpha value is -2.30. The van der Waals surface area contributed by atoms with Gasteiger partial charge in [-0.2, -0.15) is 0 Å². The minimum atomic E-state index is -0.179. The Morgan fingerprint density at radius 1 is 1.32 bits per heavy atom. The van der Waals surface area contributed by atoms with Crippen LogP contribution >= 0.6 is 0 Å². The molecule has 0 saturated carbocycles. The monoisotopic (exact) mass is 344 g/mol. The number of nitrogens with zero attached hydrogens (tertiary/aromatic N) is 2. The summed E-state index contributed by atoms with van der Waals surface area (Å²) in [5.41, 5.74) is 1.97. The highest BCUT2D eigenvalue weighted by molar-refractivity contribution is 5.71. The minimum Gasteiger partial charge on any atom is -0.494 e. The van der Waals surface area contributed by atoms with E-state index in [1.165, 1.54) is 0 Å². The molecule has 1 atom stereocenters. The van der Waals surface area contributed by atoms with Gasteiger partial charge in [0.1, 0.15) is 11.9 Å². The van der Waals surface area contributed by atoms with Crippen molar-refractivity contribution in [1.82, 2.24) is 0 Å². The number of carbonyl (C=O) groups is 1. The number of hydrogen-bond donors (Lipinski definition) is 0. The van der Waals surface area contributed by atoms with Crippen LogP contribution in [0.2, 0.25) is 0 Å². The normalized spacial score (nSPS) is 14.8. The molecule has 0 saturated heterocycles. The van der Waals surface area contributed by atoms with Gasteiger partial charge in [-0.25, -0.2) is 0 Å². The van der Waals surface area contributed by atoms with E-state index in [1.807, 2.05) is 44.5 Å². The predicted octanol–water partition coefficient (Wildman–Crippen LogP) is 4.33. The van der Waals surface area contributed by atoms with Crippen molar-refractivity contribution >= 4 is 17.9 Å². The molecule has 0 radical (unpaired) electrons. The molecule has 1 heterocycles. The molecule has 0 spiro atoms. The summed E-state index contributed by atoms with van der Waals surface area (Å²) >= 11 is 0. The van der Waals surface area contributed by atoms with E-state index in [9.17, 15) is 4.79 Å². The summed E-state index contributed by atoms with van der Waals surface area (Å²) in [5.74, 6) is 0.728. The van der Waals surface area contributed by atoms with Crippen molar-refractivity contribution in [3.05, 3.63) is 36.2 Å². The molecule has 5 heteroatoms. The maximum Gasteiger partial charge on any atom is 0.306 e. The number of carbonyl (C=O) groups excluding carboxylic acids is 1. The van der Waals surface area contributed by atoms with Crippen molar-refractivity contribution in [2.75, 3.05) is 18.1 Å². The van der Waals surface area contributed by atoms with E-state index in [1.54, 1.807) is 0 Å². The number of benzene rings is 1. The quantitative estimate of drug-likeness (QED) is 0.626. The topological polar surface area (TPSA) is 51.1 Å². The van der Waals surface area contributed by atoms with Crippen LogP contribution in [0.5, 0.6) is 5.75 Å². The van der Waals surface area contributed by atoms with Crippen LogP contribution in [0.3, 0.4) is 0 Å². The fourth-order valence-corrected chi connectivity index (χ4v) is 2.59. The molecular formula is C20H28N2O3. The van der Waals surface area contributed by atoms with Gasteiger partial charge < -0.3 is 14.4 Å². The van der Waals surface area contributed by atoms with Gasteiger partial charge in [-0.05, 0) is 31.9 Å². The van der Waals surface area contributed by atoms with E-state index in [0.717, 1.165) is 30.0 Å². The number of hydrogen-bond acceptors (Lipinski definition) is 5. The molecule has 136 valence electrons. The third kappa shape index (κ3) is 6.25. The minimum absolute atomic E-state index is 0.145. The number of rotatable bonds is 9. The third-order valence-corrected chi connectivity index (χ3v) is 3.75. The lowest BCUT2D eigenvalue weighted by Gasteiger charge is -2.24. The fraction of sp³-hybridized carbons (Fsp3) is 0.500. The second-order valence-corrected chi connectivity index (χ2v) is 6.18. The van der Waals surface area contributed by atoms with Crippen LogP contribution in [0, 0.1) is 0 Å². The smallest absolute Gasteiger partial charge is 0.306 e. The van der Waals surface area contributed by atoms with Gasteiger partial charge in [0.2, 0.25) is 0 Å². The summed E-state index contributed by atoms with van der Waals surface area (Å²) in [6.45, 7) is 7.39. The zero-order chi connectivity index (χ0) is 18.1. The van der Waals surface area contributed by atoms with Gasteiger partial charge in [-0.15, -0.1) is 0 Å². The molecular weight excluding hydrogens is 316 g/mol. The Kier molecular flexibility index (Phi) is 7.51. The van der Waals surface area contributed by atoms with Crippen LogP contribution in [0.25, 0.3) is 0 Å². The van der Waals surface area contributed by atoms with E-state index >= 15 is 0 Å². The van der Waals surface area contributed by atoms with Gasteiger partial charge in [0.05, 0.1) is 18.8 Å². The second-order valence-electron chi connectivity index (χ2n) is 6.18. The van der Waals surface area contributed by atoms with Crippen LogP contribution in [0.1, 0.15) is 46.5 Å². The van der Waals surface area contributed by atoms with E-state index in [4.69, 9.17) is 9.47 Å². The predicted molar refractivity (Wildman–Crippen MR) is 101 cm³/mol. The maximum atomic E-state index is 11.6. The summed E-state index contributed by atoms with van der Waals surface area (Å²) in [6, 6.07) is 8.05. The first-order chi connectivity index (χ1) is 12.1. The van der Waals surface area contributed by atoms with Crippen molar-refractivity contribution in [3.63, 3.8) is 0 Å². The molecule has 5 nitrogen and oxygen atoms in total. The third-order valence-electron chi connectivity index (χ3n) is 3.75. The van der Waals surface area contributed by atoms with Crippen LogP contribution in [0.15, 0.2) is 41.2 Å².